The Labute approximate surface area is 157 Å². The summed E-state index contributed by atoms with van der Waals surface area (Å²) in [7, 11) is 0. The van der Waals surface area contributed by atoms with Crippen molar-refractivity contribution in [1.29, 1.82) is 0 Å². The molecule has 0 aliphatic carbocycles. The second-order valence-corrected chi connectivity index (χ2v) is 6.16. The van der Waals surface area contributed by atoms with Crippen LogP contribution in [0.3, 0.4) is 0 Å². The molecule has 0 aliphatic heterocycles. The molecule has 0 saturated heterocycles. The highest BCUT2D eigenvalue weighted by Crippen LogP contribution is 2.24. The summed E-state index contributed by atoms with van der Waals surface area (Å²) in [5, 5.41) is 10.6. The van der Waals surface area contributed by atoms with E-state index in [0.717, 1.165) is 21.8 Å². The molecule has 0 bridgehead atoms. The van der Waals surface area contributed by atoms with Gasteiger partial charge in [0.2, 0.25) is 11.8 Å². The number of hydrogen-bond donors (Lipinski definition) is 3. The summed E-state index contributed by atoms with van der Waals surface area (Å²) in [5.41, 5.74) is 2.93. The molecule has 1 aromatic heterocycles. The summed E-state index contributed by atoms with van der Waals surface area (Å²) < 4.78 is 0. The van der Waals surface area contributed by atoms with Gasteiger partial charge in [-0.15, -0.1) is 6.42 Å². The molecule has 27 heavy (non-hydrogen) atoms. The highest BCUT2D eigenvalue weighted by atomic mass is 16.2. The maximum Gasteiger partial charge on any atom is 0.225 e. The molecule has 2 aromatic carbocycles. The van der Waals surface area contributed by atoms with Crippen molar-refractivity contribution in [2.24, 2.45) is 0 Å². The highest BCUT2D eigenvalue weighted by molar-refractivity contribution is 5.98. The smallest absolute Gasteiger partial charge is 0.225 e. The largest absolute Gasteiger partial charge is 0.326 e. The van der Waals surface area contributed by atoms with Gasteiger partial charge in [0.1, 0.15) is 0 Å². The number of fused-ring (bicyclic) bond motifs is 2. The standard InChI is InChI=1S/C21H20N4O2/c1-3-9-22-10-8-21(27)24-18-7-5-16-11-15-4-6-17(23-14(2)26)12-19(15)25-20(16)13-18/h1,4-7,11-13,22H,8-10H2,2H3,(H,23,26)(H,24,27). The van der Waals surface area contributed by atoms with Gasteiger partial charge in [-0.05, 0) is 30.3 Å². The van der Waals surface area contributed by atoms with E-state index in [4.69, 9.17) is 6.42 Å². The Bertz CT molecular complexity index is 1050. The van der Waals surface area contributed by atoms with Crippen LogP contribution in [-0.2, 0) is 9.59 Å². The van der Waals surface area contributed by atoms with Crippen LogP contribution in [0.4, 0.5) is 11.4 Å². The van der Waals surface area contributed by atoms with Crippen LogP contribution in [0.1, 0.15) is 13.3 Å². The Kier molecular flexibility index (Phi) is 5.64. The fraction of sp³-hybridized carbons (Fsp3) is 0.190. The Morgan fingerprint density at radius 1 is 1.00 bits per heavy atom. The molecule has 0 radical (unpaired) electrons. The zero-order valence-electron chi connectivity index (χ0n) is 15.0. The van der Waals surface area contributed by atoms with E-state index in [1.807, 2.05) is 42.5 Å². The number of pyridine rings is 1. The van der Waals surface area contributed by atoms with E-state index >= 15 is 0 Å². The van der Waals surface area contributed by atoms with Crippen LogP contribution in [0.25, 0.3) is 21.8 Å². The van der Waals surface area contributed by atoms with Crippen LogP contribution in [0.5, 0.6) is 0 Å². The fourth-order valence-electron chi connectivity index (χ4n) is 2.77. The predicted molar refractivity (Wildman–Crippen MR) is 109 cm³/mol. The number of terminal acetylenes is 1. The van der Waals surface area contributed by atoms with Crippen LogP contribution >= 0.6 is 0 Å². The molecule has 136 valence electrons. The van der Waals surface area contributed by atoms with Gasteiger partial charge >= 0.3 is 0 Å². The molecule has 3 N–H and O–H groups in total. The van der Waals surface area contributed by atoms with Crippen molar-refractivity contribution < 1.29 is 9.59 Å². The molecule has 3 rings (SSSR count). The van der Waals surface area contributed by atoms with Gasteiger partial charge in [-0.3, -0.25) is 9.59 Å². The predicted octanol–water partition coefficient (Wildman–Crippen LogP) is 2.90. The normalized spacial score (nSPS) is 10.5. The third-order valence-corrected chi connectivity index (χ3v) is 3.97. The van der Waals surface area contributed by atoms with E-state index in [-0.39, 0.29) is 11.8 Å². The molecule has 0 spiro atoms. The molecular weight excluding hydrogens is 340 g/mol. The average Bonchev–Trinajstić information content (AvgIpc) is 2.63. The number of rotatable bonds is 6. The van der Waals surface area contributed by atoms with Crippen molar-refractivity contribution in [1.82, 2.24) is 10.3 Å². The van der Waals surface area contributed by atoms with Crippen molar-refractivity contribution in [2.75, 3.05) is 23.7 Å². The zero-order valence-corrected chi connectivity index (χ0v) is 15.0. The Morgan fingerprint density at radius 2 is 1.63 bits per heavy atom. The van der Waals surface area contributed by atoms with Gasteiger partial charge in [0.25, 0.3) is 0 Å². The third kappa shape index (κ3) is 4.81. The van der Waals surface area contributed by atoms with E-state index in [9.17, 15) is 9.59 Å². The minimum absolute atomic E-state index is 0.0902. The van der Waals surface area contributed by atoms with E-state index < -0.39 is 0 Å². The lowest BCUT2D eigenvalue weighted by Crippen LogP contribution is -2.21. The molecule has 0 aliphatic rings. The summed E-state index contributed by atoms with van der Waals surface area (Å²) in [5.74, 6) is 2.25. The SMILES string of the molecule is C#CCNCCC(=O)Nc1ccc2cc3ccc(NC(C)=O)cc3nc2c1. The van der Waals surface area contributed by atoms with Crippen molar-refractivity contribution >= 4 is 45.0 Å². The molecule has 3 aromatic rings. The van der Waals surface area contributed by atoms with Crippen molar-refractivity contribution in [3.63, 3.8) is 0 Å². The summed E-state index contributed by atoms with van der Waals surface area (Å²) in [6.07, 6.45) is 5.49. The van der Waals surface area contributed by atoms with Gasteiger partial charge < -0.3 is 16.0 Å². The zero-order chi connectivity index (χ0) is 19.2. The summed E-state index contributed by atoms with van der Waals surface area (Å²) in [4.78, 5) is 27.9. The van der Waals surface area contributed by atoms with E-state index in [1.54, 1.807) is 0 Å². The number of amides is 2. The monoisotopic (exact) mass is 360 g/mol. The molecule has 6 heteroatoms. The fourth-order valence-corrected chi connectivity index (χ4v) is 2.77. The number of hydrogen-bond acceptors (Lipinski definition) is 4. The quantitative estimate of drug-likeness (QED) is 0.359. The van der Waals surface area contributed by atoms with Crippen LogP contribution in [-0.4, -0.2) is 29.9 Å². The number of carbonyl (C=O) groups is 2. The van der Waals surface area contributed by atoms with Crippen molar-refractivity contribution in [3.05, 3.63) is 42.5 Å². The van der Waals surface area contributed by atoms with Crippen LogP contribution in [0.2, 0.25) is 0 Å². The summed E-state index contributed by atoms with van der Waals surface area (Å²) in [6, 6.07) is 13.3. The molecule has 0 atom stereocenters. The van der Waals surface area contributed by atoms with Gasteiger partial charge in [0.15, 0.2) is 0 Å². The first-order valence-electron chi connectivity index (χ1n) is 8.61. The van der Waals surface area contributed by atoms with Crippen molar-refractivity contribution in [3.8, 4) is 12.3 Å². The number of carbonyl (C=O) groups excluding carboxylic acids is 2. The average molecular weight is 360 g/mol. The lowest BCUT2D eigenvalue weighted by molar-refractivity contribution is -0.116. The second-order valence-electron chi connectivity index (χ2n) is 6.16. The maximum absolute atomic E-state index is 12.0. The van der Waals surface area contributed by atoms with Gasteiger partial charge in [-0.25, -0.2) is 4.98 Å². The Morgan fingerprint density at radius 3 is 2.22 bits per heavy atom. The molecule has 6 nitrogen and oxygen atoms in total. The van der Waals surface area contributed by atoms with Crippen molar-refractivity contribution in [2.45, 2.75) is 13.3 Å². The van der Waals surface area contributed by atoms with Gasteiger partial charge in [-0.1, -0.05) is 18.1 Å². The first-order chi connectivity index (χ1) is 13.0. The second kappa shape index (κ2) is 8.30. The number of benzene rings is 2. The molecule has 0 fully saturated rings. The molecular formula is C21H20N4O2. The number of anilines is 2. The van der Waals surface area contributed by atoms with Crippen LogP contribution < -0.4 is 16.0 Å². The van der Waals surface area contributed by atoms with E-state index in [1.165, 1.54) is 6.92 Å². The van der Waals surface area contributed by atoms with Crippen LogP contribution in [0, 0.1) is 12.3 Å². The minimum atomic E-state index is -0.128. The maximum atomic E-state index is 12.0. The molecule has 0 saturated carbocycles. The molecule has 2 amide bonds. The number of aromatic nitrogens is 1. The van der Waals surface area contributed by atoms with Crippen LogP contribution in [0.15, 0.2) is 42.5 Å². The van der Waals surface area contributed by atoms with Gasteiger partial charge in [-0.2, -0.15) is 0 Å². The third-order valence-electron chi connectivity index (χ3n) is 3.97. The number of nitrogens with zero attached hydrogens (tertiary/aromatic N) is 1. The lowest BCUT2D eigenvalue weighted by atomic mass is 10.1. The minimum Gasteiger partial charge on any atom is -0.326 e. The first-order valence-corrected chi connectivity index (χ1v) is 8.61. The Hall–Kier alpha value is -3.43. The lowest BCUT2D eigenvalue weighted by Gasteiger charge is -2.08. The molecule has 1 heterocycles. The highest BCUT2D eigenvalue weighted by Gasteiger charge is 2.06. The van der Waals surface area contributed by atoms with Gasteiger partial charge in [0, 0.05) is 42.0 Å². The topological polar surface area (TPSA) is 83.1 Å². The van der Waals surface area contributed by atoms with E-state index in [0.29, 0.717) is 30.9 Å². The van der Waals surface area contributed by atoms with Gasteiger partial charge in [0.05, 0.1) is 17.6 Å². The summed E-state index contributed by atoms with van der Waals surface area (Å²) >= 11 is 0. The Balaban J connectivity index is 1.80. The first kappa shape index (κ1) is 18.4. The summed E-state index contributed by atoms with van der Waals surface area (Å²) in [6.45, 7) is 2.44. The molecule has 0 unspecified atom stereocenters. The number of nitrogens with one attached hydrogen (secondary N) is 3. The van der Waals surface area contributed by atoms with E-state index in [2.05, 4.69) is 26.9 Å².